The van der Waals surface area contributed by atoms with E-state index in [0.29, 0.717) is 6.42 Å². The Hall–Kier alpha value is -0.700. The van der Waals surface area contributed by atoms with Crippen LogP contribution in [0.25, 0.3) is 0 Å². The molecule has 1 aliphatic carbocycles. The molecule has 2 atom stereocenters. The number of carbonyl (C=O) groups excluding carboxylic acids is 1. The predicted molar refractivity (Wildman–Crippen MR) is 55.8 cm³/mol. The Morgan fingerprint density at radius 2 is 2.38 bits per heavy atom. The molecule has 0 saturated heterocycles. The SMILES string of the molecule is COC(=O)C1=CC(C)C(S)C=CC1. The van der Waals surface area contributed by atoms with Crippen molar-refractivity contribution in [2.24, 2.45) is 5.92 Å². The lowest BCUT2D eigenvalue weighted by molar-refractivity contribution is -0.136. The van der Waals surface area contributed by atoms with Crippen molar-refractivity contribution in [1.29, 1.82) is 0 Å². The first-order valence-corrected chi connectivity index (χ1v) is 4.80. The summed E-state index contributed by atoms with van der Waals surface area (Å²) < 4.78 is 4.66. The summed E-state index contributed by atoms with van der Waals surface area (Å²) in [5.74, 6) is 0.0371. The van der Waals surface area contributed by atoms with E-state index in [0.717, 1.165) is 5.57 Å². The average molecular weight is 198 g/mol. The average Bonchev–Trinajstić information content (AvgIpc) is 2.28. The molecule has 0 aliphatic heterocycles. The van der Waals surface area contributed by atoms with E-state index in [1.807, 2.05) is 25.2 Å². The Kier molecular flexibility index (Phi) is 3.60. The van der Waals surface area contributed by atoms with E-state index < -0.39 is 0 Å². The number of allylic oxidation sites excluding steroid dienone is 2. The molecule has 0 bridgehead atoms. The van der Waals surface area contributed by atoms with Crippen LogP contribution in [-0.2, 0) is 9.53 Å². The van der Waals surface area contributed by atoms with Crippen LogP contribution in [0.15, 0.2) is 23.8 Å². The lowest BCUT2D eigenvalue weighted by Crippen LogP contribution is -2.08. The van der Waals surface area contributed by atoms with Crippen molar-refractivity contribution in [2.45, 2.75) is 18.6 Å². The van der Waals surface area contributed by atoms with E-state index in [2.05, 4.69) is 17.4 Å². The maximum absolute atomic E-state index is 11.2. The molecule has 0 aromatic heterocycles. The molecule has 0 saturated carbocycles. The summed E-state index contributed by atoms with van der Waals surface area (Å²) >= 11 is 4.38. The molecule has 0 aromatic carbocycles. The molecule has 1 aliphatic rings. The van der Waals surface area contributed by atoms with Gasteiger partial charge in [-0.05, 0) is 12.3 Å². The molecule has 13 heavy (non-hydrogen) atoms. The molecular weight excluding hydrogens is 184 g/mol. The van der Waals surface area contributed by atoms with Gasteiger partial charge in [-0.15, -0.1) is 0 Å². The van der Waals surface area contributed by atoms with E-state index in [1.165, 1.54) is 7.11 Å². The molecule has 2 nitrogen and oxygen atoms in total. The molecule has 0 radical (unpaired) electrons. The second-order valence-electron chi connectivity index (χ2n) is 3.17. The summed E-state index contributed by atoms with van der Waals surface area (Å²) in [6, 6.07) is 0. The highest BCUT2D eigenvalue weighted by Gasteiger charge is 2.16. The fourth-order valence-electron chi connectivity index (χ4n) is 1.28. The Bertz CT molecular complexity index is 256. The molecule has 0 heterocycles. The van der Waals surface area contributed by atoms with Gasteiger partial charge in [-0.25, -0.2) is 4.79 Å². The van der Waals surface area contributed by atoms with Gasteiger partial charge >= 0.3 is 5.97 Å². The number of hydrogen-bond acceptors (Lipinski definition) is 3. The normalized spacial score (nSPS) is 27.8. The van der Waals surface area contributed by atoms with Gasteiger partial charge in [0.05, 0.1) is 7.11 Å². The molecule has 0 amide bonds. The fraction of sp³-hybridized carbons (Fsp3) is 0.500. The van der Waals surface area contributed by atoms with Gasteiger partial charge < -0.3 is 4.74 Å². The number of hydrogen-bond donors (Lipinski definition) is 1. The van der Waals surface area contributed by atoms with E-state index in [1.54, 1.807) is 0 Å². The minimum atomic E-state index is -0.237. The monoisotopic (exact) mass is 198 g/mol. The quantitative estimate of drug-likeness (QED) is 0.396. The predicted octanol–water partition coefficient (Wildman–Crippen LogP) is 1.98. The van der Waals surface area contributed by atoms with Crippen LogP contribution in [0, 0.1) is 5.92 Å². The summed E-state index contributed by atoms with van der Waals surface area (Å²) in [4.78, 5) is 11.2. The molecule has 0 fully saturated rings. The van der Waals surface area contributed by atoms with E-state index >= 15 is 0 Å². The first-order valence-electron chi connectivity index (χ1n) is 4.29. The summed E-state index contributed by atoms with van der Waals surface area (Å²) in [5, 5.41) is 0.196. The summed E-state index contributed by atoms with van der Waals surface area (Å²) in [7, 11) is 1.40. The van der Waals surface area contributed by atoms with Crippen molar-refractivity contribution in [1.82, 2.24) is 0 Å². The van der Waals surface area contributed by atoms with Crippen LogP contribution in [0.3, 0.4) is 0 Å². The lowest BCUT2D eigenvalue weighted by atomic mass is 10.1. The highest BCUT2D eigenvalue weighted by molar-refractivity contribution is 7.81. The first kappa shape index (κ1) is 10.4. The Morgan fingerprint density at radius 3 is 3.00 bits per heavy atom. The maximum atomic E-state index is 11.2. The van der Waals surface area contributed by atoms with Gasteiger partial charge in [0.2, 0.25) is 0 Å². The standard InChI is InChI=1S/C10H14O2S/c1-7-6-8(10(11)12-2)4-3-5-9(7)13/h3,5-7,9,13H,4H2,1-2H3. The zero-order chi connectivity index (χ0) is 9.84. The molecule has 0 spiro atoms. The zero-order valence-corrected chi connectivity index (χ0v) is 8.75. The highest BCUT2D eigenvalue weighted by atomic mass is 32.1. The first-order chi connectivity index (χ1) is 6.15. The van der Waals surface area contributed by atoms with Crippen LogP contribution in [0.5, 0.6) is 0 Å². The zero-order valence-electron chi connectivity index (χ0n) is 7.86. The number of carbonyl (C=O) groups is 1. The van der Waals surface area contributed by atoms with E-state index in [4.69, 9.17) is 0 Å². The van der Waals surface area contributed by atoms with Crippen molar-refractivity contribution in [3.63, 3.8) is 0 Å². The van der Waals surface area contributed by atoms with Crippen molar-refractivity contribution < 1.29 is 9.53 Å². The van der Waals surface area contributed by atoms with Gasteiger partial charge in [0.25, 0.3) is 0 Å². The minimum absolute atomic E-state index is 0.196. The number of thiol groups is 1. The van der Waals surface area contributed by atoms with E-state index in [-0.39, 0.29) is 17.1 Å². The Morgan fingerprint density at radius 1 is 1.69 bits per heavy atom. The second-order valence-corrected chi connectivity index (χ2v) is 3.76. The van der Waals surface area contributed by atoms with Crippen LogP contribution >= 0.6 is 12.6 Å². The number of ether oxygens (including phenoxy) is 1. The third-order valence-corrected chi connectivity index (χ3v) is 2.76. The molecule has 0 aromatic rings. The third kappa shape index (κ3) is 2.62. The highest BCUT2D eigenvalue weighted by Crippen LogP contribution is 2.21. The molecule has 72 valence electrons. The number of esters is 1. The largest absolute Gasteiger partial charge is 0.466 e. The topological polar surface area (TPSA) is 26.3 Å². The molecule has 1 rings (SSSR count). The molecule has 2 unspecified atom stereocenters. The summed E-state index contributed by atoms with van der Waals surface area (Å²) in [5.41, 5.74) is 0.725. The van der Waals surface area contributed by atoms with E-state index in [9.17, 15) is 4.79 Å². The van der Waals surface area contributed by atoms with Crippen LogP contribution in [0.4, 0.5) is 0 Å². The van der Waals surface area contributed by atoms with Crippen molar-refractivity contribution in [2.75, 3.05) is 7.11 Å². The summed E-state index contributed by atoms with van der Waals surface area (Å²) in [6.07, 6.45) is 6.56. The smallest absolute Gasteiger partial charge is 0.333 e. The van der Waals surface area contributed by atoms with Gasteiger partial charge in [-0.2, -0.15) is 12.6 Å². The second kappa shape index (κ2) is 4.51. The Balaban J connectivity index is 2.81. The molecule has 3 heteroatoms. The van der Waals surface area contributed by atoms with Crippen LogP contribution in [0.2, 0.25) is 0 Å². The molecular formula is C10H14O2S. The minimum Gasteiger partial charge on any atom is -0.466 e. The summed E-state index contributed by atoms with van der Waals surface area (Å²) in [6.45, 7) is 2.04. The third-order valence-electron chi connectivity index (χ3n) is 2.12. The number of rotatable bonds is 1. The van der Waals surface area contributed by atoms with Crippen LogP contribution in [-0.4, -0.2) is 18.3 Å². The number of methoxy groups -OCH3 is 1. The molecule has 0 N–H and O–H groups in total. The Labute approximate surface area is 84.1 Å². The van der Waals surface area contributed by atoms with Gasteiger partial charge in [0.1, 0.15) is 0 Å². The van der Waals surface area contributed by atoms with Crippen LogP contribution < -0.4 is 0 Å². The maximum Gasteiger partial charge on any atom is 0.333 e. The van der Waals surface area contributed by atoms with Gasteiger partial charge in [-0.3, -0.25) is 0 Å². The van der Waals surface area contributed by atoms with Gasteiger partial charge in [0, 0.05) is 10.8 Å². The lowest BCUT2D eigenvalue weighted by Gasteiger charge is -2.09. The fourth-order valence-corrected chi connectivity index (χ4v) is 1.48. The van der Waals surface area contributed by atoms with Gasteiger partial charge in [0.15, 0.2) is 0 Å². The van der Waals surface area contributed by atoms with Crippen molar-refractivity contribution >= 4 is 18.6 Å². The van der Waals surface area contributed by atoms with Crippen molar-refractivity contribution in [3.05, 3.63) is 23.8 Å². The van der Waals surface area contributed by atoms with Crippen molar-refractivity contribution in [3.8, 4) is 0 Å². The van der Waals surface area contributed by atoms with Gasteiger partial charge in [-0.1, -0.05) is 25.2 Å². The van der Waals surface area contributed by atoms with Crippen LogP contribution in [0.1, 0.15) is 13.3 Å².